The lowest BCUT2D eigenvalue weighted by molar-refractivity contribution is -0.164. The molecule has 0 aliphatic heterocycles. The van der Waals surface area contributed by atoms with Crippen molar-refractivity contribution in [2.45, 2.75) is 53.2 Å². The van der Waals surface area contributed by atoms with Crippen LogP contribution in [0.15, 0.2) is 53.1 Å². The Balaban J connectivity index is 1.98. The molecule has 0 amide bonds. The minimum atomic E-state index is -1.10. The molecule has 0 aliphatic carbocycles. The van der Waals surface area contributed by atoms with Gasteiger partial charge in [0.25, 0.3) is 0 Å². The molecule has 2 aromatic heterocycles. The Morgan fingerprint density at radius 3 is 2.03 bits per heavy atom. The number of hydrogen-bond donors (Lipinski definition) is 1. The second-order valence-corrected chi connectivity index (χ2v) is 10.4. The highest BCUT2D eigenvalue weighted by atomic mass is 16.6. The minimum Gasteiger partial charge on any atom is -0.467 e. The van der Waals surface area contributed by atoms with E-state index in [0.717, 1.165) is 28.1 Å². The van der Waals surface area contributed by atoms with Crippen LogP contribution in [0.2, 0.25) is 0 Å². The summed E-state index contributed by atoms with van der Waals surface area (Å²) < 4.78 is 16.7. The van der Waals surface area contributed by atoms with Crippen molar-refractivity contribution in [2.75, 3.05) is 12.8 Å². The van der Waals surface area contributed by atoms with E-state index in [1.807, 2.05) is 71.0 Å². The van der Waals surface area contributed by atoms with Crippen LogP contribution in [-0.4, -0.2) is 28.8 Å². The molecule has 0 fully saturated rings. The number of aromatic nitrogens is 2. The third-order valence-electron chi connectivity index (χ3n) is 6.37. The second-order valence-electron chi connectivity index (χ2n) is 10.4. The number of carbonyl (C=O) groups excluding carboxylic acids is 1. The number of hydrogen-bond acceptors (Lipinski definition) is 8. The molecule has 200 valence electrons. The predicted octanol–water partition coefficient (Wildman–Crippen LogP) is 6.48. The van der Waals surface area contributed by atoms with Crippen LogP contribution >= 0.6 is 0 Å². The molecule has 39 heavy (non-hydrogen) atoms. The molecule has 2 aromatic carbocycles. The number of carbonyl (C=O) groups is 1. The number of methoxy groups -OCH3 is 1. The molecule has 8 heteroatoms. The van der Waals surface area contributed by atoms with Crippen LogP contribution in [0.4, 0.5) is 5.69 Å². The van der Waals surface area contributed by atoms with E-state index in [1.54, 1.807) is 19.1 Å². The van der Waals surface area contributed by atoms with Gasteiger partial charge in [-0.05, 0) is 64.8 Å². The summed E-state index contributed by atoms with van der Waals surface area (Å²) in [5.41, 5.74) is 12.4. The molecule has 4 rings (SSSR count). The van der Waals surface area contributed by atoms with Gasteiger partial charge < -0.3 is 19.7 Å². The van der Waals surface area contributed by atoms with Gasteiger partial charge in [0, 0.05) is 33.6 Å². The molecule has 2 N–H and O–H groups in total. The van der Waals surface area contributed by atoms with Gasteiger partial charge in [-0.1, -0.05) is 41.6 Å². The number of aryl methyl sites for hydroxylation is 3. The van der Waals surface area contributed by atoms with E-state index in [2.05, 4.69) is 11.2 Å². The van der Waals surface area contributed by atoms with Crippen molar-refractivity contribution in [3.63, 3.8) is 0 Å². The van der Waals surface area contributed by atoms with Crippen LogP contribution in [0.5, 0.6) is 0 Å². The zero-order valence-electron chi connectivity index (χ0n) is 23.2. The zero-order valence-corrected chi connectivity index (χ0v) is 23.2. The summed E-state index contributed by atoms with van der Waals surface area (Å²) in [6, 6.07) is 17.3. The molecule has 0 unspecified atom stereocenters. The van der Waals surface area contributed by atoms with E-state index in [-0.39, 0.29) is 0 Å². The molecule has 0 saturated carbocycles. The van der Waals surface area contributed by atoms with E-state index in [0.29, 0.717) is 39.3 Å². The molecular formula is C31H32N4O4. The first-order valence-electron chi connectivity index (χ1n) is 12.5. The maximum atomic E-state index is 13.0. The van der Waals surface area contributed by atoms with Crippen molar-refractivity contribution in [3.05, 3.63) is 76.8 Å². The third kappa shape index (κ3) is 5.54. The average Bonchev–Trinajstić information content (AvgIpc) is 3.24. The smallest absolute Gasteiger partial charge is 0.339 e. The fourth-order valence-corrected chi connectivity index (χ4v) is 4.68. The molecule has 2 heterocycles. The monoisotopic (exact) mass is 524 g/mol. The summed E-state index contributed by atoms with van der Waals surface area (Å²) in [5.74, 6) is 0.154. The van der Waals surface area contributed by atoms with Gasteiger partial charge in [-0.2, -0.15) is 5.26 Å². The van der Waals surface area contributed by atoms with Crippen molar-refractivity contribution >= 4 is 11.7 Å². The summed E-state index contributed by atoms with van der Waals surface area (Å²) in [4.78, 5) is 17.9. The fraction of sp³-hybridized carbons (Fsp3) is 0.290. The van der Waals surface area contributed by atoms with Crippen LogP contribution in [0.3, 0.4) is 0 Å². The summed E-state index contributed by atoms with van der Waals surface area (Å²) in [5, 5.41) is 14.5. The molecular weight excluding hydrogens is 492 g/mol. The largest absolute Gasteiger partial charge is 0.467 e. The van der Waals surface area contributed by atoms with Crippen molar-refractivity contribution in [1.82, 2.24) is 10.1 Å². The Bertz CT molecular complexity index is 1540. The van der Waals surface area contributed by atoms with Crippen molar-refractivity contribution in [3.8, 4) is 39.6 Å². The summed E-state index contributed by atoms with van der Waals surface area (Å²) >= 11 is 0. The number of ether oxygens (including phenoxy) is 2. The fourth-order valence-electron chi connectivity index (χ4n) is 4.68. The molecule has 0 spiro atoms. The molecule has 0 bridgehead atoms. The van der Waals surface area contributed by atoms with E-state index in [9.17, 15) is 10.1 Å². The Kier molecular flexibility index (Phi) is 7.57. The number of benzene rings is 2. The number of nitrogens with two attached hydrogens (primary N) is 1. The molecule has 0 aliphatic rings. The number of nitriles is 1. The first kappa shape index (κ1) is 27.6. The average molecular weight is 525 g/mol. The number of pyridine rings is 1. The highest BCUT2D eigenvalue weighted by Gasteiger charge is 2.34. The number of nitrogens with zero attached hydrogens (tertiary/aromatic N) is 3. The van der Waals surface area contributed by atoms with E-state index < -0.39 is 17.7 Å². The van der Waals surface area contributed by atoms with Gasteiger partial charge in [-0.15, -0.1) is 0 Å². The second kappa shape index (κ2) is 10.7. The molecule has 0 radical (unpaired) electrons. The Labute approximate surface area is 228 Å². The highest BCUT2D eigenvalue weighted by Crippen LogP contribution is 2.41. The van der Waals surface area contributed by atoms with Gasteiger partial charge in [0.05, 0.1) is 29.7 Å². The Morgan fingerprint density at radius 2 is 1.51 bits per heavy atom. The first-order valence-corrected chi connectivity index (χ1v) is 12.5. The van der Waals surface area contributed by atoms with Gasteiger partial charge in [0.15, 0.2) is 6.10 Å². The van der Waals surface area contributed by atoms with Gasteiger partial charge in [-0.3, -0.25) is 4.98 Å². The van der Waals surface area contributed by atoms with E-state index in [4.69, 9.17) is 24.7 Å². The van der Waals surface area contributed by atoms with Gasteiger partial charge in [0.1, 0.15) is 11.8 Å². The van der Waals surface area contributed by atoms with Crippen molar-refractivity contribution in [1.29, 1.82) is 5.26 Å². The van der Waals surface area contributed by atoms with E-state index in [1.165, 1.54) is 7.11 Å². The number of anilines is 1. The highest BCUT2D eigenvalue weighted by molar-refractivity contribution is 5.88. The van der Waals surface area contributed by atoms with Crippen molar-refractivity contribution < 1.29 is 18.8 Å². The maximum Gasteiger partial charge on any atom is 0.339 e. The van der Waals surface area contributed by atoms with Crippen LogP contribution < -0.4 is 5.73 Å². The summed E-state index contributed by atoms with van der Waals surface area (Å²) in [6.45, 7) is 11.1. The predicted molar refractivity (Wildman–Crippen MR) is 150 cm³/mol. The first-order chi connectivity index (χ1) is 18.4. The standard InChI is InChI=1S/C31H32N4O4/c1-17-26(29(30(36)37-7)38-31(4,5)6)27(21-12-14-23(33)15-13-21)24(16-32)28(34-17)22-10-8-20(9-11-22)25-18(2)35-39-19(25)3/h8-15,29H,33H2,1-7H3/t29-/m0/s1. The summed E-state index contributed by atoms with van der Waals surface area (Å²) in [6.07, 6.45) is -1.10. The lowest BCUT2D eigenvalue weighted by Gasteiger charge is -2.29. The number of esters is 1. The SMILES string of the molecule is COC(=O)[C@@H](OC(C)(C)C)c1c(C)nc(-c2ccc(-c3c(C)noc3C)cc2)c(C#N)c1-c1ccc(N)cc1. The van der Waals surface area contributed by atoms with Crippen LogP contribution in [0, 0.1) is 32.1 Å². The van der Waals surface area contributed by atoms with Crippen LogP contribution in [-0.2, 0) is 14.3 Å². The lowest BCUT2D eigenvalue weighted by Crippen LogP contribution is -2.29. The normalized spacial score (nSPS) is 12.2. The van der Waals surface area contributed by atoms with Gasteiger partial charge in [-0.25, -0.2) is 4.79 Å². The zero-order chi connectivity index (χ0) is 28.5. The molecule has 4 aromatic rings. The van der Waals surface area contributed by atoms with E-state index >= 15 is 0 Å². The van der Waals surface area contributed by atoms with Gasteiger partial charge >= 0.3 is 5.97 Å². The maximum absolute atomic E-state index is 13.0. The third-order valence-corrected chi connectivity index (χ3v) is 6.37. The molecule has 0 saturated heterocycles. The quantitative estimate of drug-likeness (QED) is 0.224. The topological polar surface area (TPSA) is 124 Å². The minimum absolute atomic E-state index is 0.317. The van der Waals surface area contributed by atoms with Crippen LogP contribution in [0.1, 0.15) is 55.2 Å². The lowest BCUT2D eigenvalue weighted by atomic mass is 9.88. The molecule has 8 nitrogen and oxygen atoms in total. The number of nitrogen functional groups attached to an aromatic ring is 1. The Hall–Kier alpha value is -4.48. The molecule has 1 atom stereocenters. The number of rotatable bonds is 6. The summed E-state index contributed by atoms with van der Waals surface area (Å²) in [7, 11) is 1.31. The van der Waals surface area contributed by atoms with Crippen LogP contribution in [0.25, 0.3) is 33.5 Å². The Morgan fingerprint density at radius 1 is 0.949 bits per heavy atom. The van der Waals surface area contributed by atoms with Crippen molar-refractivity contribution in [2.24, 2.45) is 0 Å². The van der Waals surface area contributed by atoms with Gasteiger partial charge in [0.2, 0.25) is 0 Å².